The number of H-pyrrole nitrogens is 1. The fraction of sp³-hybridized carbons (Fsp3) is 0.273. The number of rotatable bonds is 2. The number of carbonyl (C=O) groups is 1. The zero-order valence-corrected chi connectivity index (χ0v) is 9.33. The van der Waals surface area contributed by atoms with Crippen molar-refractivity contribution in [2.75, 3.05) is 7.11 Å². The molecule has 16 heavy (non-hydrogen) atoms. The van der Waals surface area contributed by atoms with E-state index in [1.54, 1.807) is 6.07 Å². The van der Waals surface area contributed by atoms with E-state index in [0.717, 1.165) is 11.4 Å². The van der Waals surface area contributed by atoms with Crippen LogP contribution in [0.1, 0.15) is 21.7 Å². The molecule has 1 N–H and O–H groups in total. The van der Waals surface area contributed by atoms with Gasteiger partial charge in [0, 0.05) is 17.5 Å². The molecule has 0 aliphatic heterocycles. The molecular formula is C11H12N2O3. The molecule has 5 heteroatoms. The second-order valence-corrected chi connectivity index (χ2v) is 3.49. The fourth-order valence-corrected chi connectivity index (χ4v) is 1.79. The van der Waals surface area contributed by atoms with Gasteiger partial charge in [-0.25, -0.2) is 4.79 Å². The number of aromatic nitrogens is 2. The molecule has 0 aromatic carbocycles. The van der Waals surface area contributed by atoms with Crippen molar-refractivity contribution in [3.63, 3.8) is 0 Å². The molecule has 2 heterocycles. The van der Waals surface area contributed by atoms with Gasteiger partial charge in [-0.15, -0.1) is 0 Å². The first kappa shape index (κ1) is 10.5. The van der Waals surface area contributed by atoms with E-state index in [-0.39, 0.29) is 5.97 Å². The maximum atomic E-state index is 11.7. The SMILES string of the molecule is COC(=O)c1c(C)[nH]c(C)c1-c1ccno1. The van der Waals surface area contributed by atoms with Gasteiger partial charge in [-0.1, -0.05) is 5.16 Å². The number of nitrogens with one attached hydrogen (secondary N) is 1. The van der Waals surface area contributed by atoms with Crippen LogP contribution in [0.25, 0.3) is 11.3 Å². The van der Waals surface area contributed by atoms with Gasteiger partial charge in [0.25, 0.3) is 0 Å². The first-order chi connectivity index (χ1) is 7.65. The Kier molecular flexibility index (Phi) is 2.52. The van der Waals surface area contributed by atoms with Crippen molar-refractivity contribution in [2.24, 2.45) is 0 Å². The van der Waals surface area contributed by atoms with Crippen molar-refractivity contribution in [2.45, 2.75) is 13.8 Å². The van der Waals surface area contributed by atoms with Gasteiger partial charge < -0.3 is 14.2 Å². The fourth-order valence-electron chi connectivity index (χ4n) is 1.79. The molecule has 0 amide bonds. The van der Waals surface area contributed by atoms with Crippen LogP contribution in [-0.4, -0.2) is 23.2 Å². The summed E-state index contributed by atoms with van der Waals surface area (Å²) in [5, 5.41) is 3.63. The van der Waals surface area contributed by atoms with Crippen molar-refractivity contribution < 1.29 is 14.1 Å². The van der Waals surface area contributed by atoms with Gasteiger partial charge in [-0.2, -0.15) is 0 Å². The third-order valence-corrected chi connectivity index (χ3v) is 2.45. The highest BCUT2D eigenvalue weighted by molar-refractivity contribution is 5.98. The van der Waals surface area contributed by atoms with Crippen molar-refractivity contribution in [1.82, 2.24) is 10.1 Å². The summed E-state index contributed by atoms with van der Waals surface area (Å²) in [6.07, 6.45) is 1.54. The van der Waals surface area contributed by atoms with Crippen LogP contribution in [0.4, 0.5) is 0 Å². The summed E-state index contributed by atoms with van der Waals surface area (Å²) < 4.78 is 9.82. The van der Waals surface area contributed by atoms with E-state index < -0.39 is 0 Å². The molecule has 0 saturated carbocycles. The Morgan fingerprint density at radius 2 is 2.19 bits per heavy atom. The summed E-state index contributed by atoms with van der Waals surface area (Å²) in [5.41, 5.74) is 2.82. The predicted molar refractivity (Wildman–Crippen MR) is 57.1 cm³/mol. The Hall–Kier alpha value is -2.04. The average molecular weight is 220 g/mol. The van der Waals surface area contributed by atoms with Crippen LogP contribution in [0.15, 0.2) is 16.8 Å². The number of carbonyl (C=O) groups excluding carboxylic acids is 1. The molecule has 0 spiro atoms. The molecule has 0 aliphatic rings. The highest BCUT2D eigenvalue weighted by Crippen LogP contribution is 2.29. The molecule has 0 bridgehead atoms. The van der Waals surface area contributed by atoms with Crippen LogP contribution in [0, 0.1) is 13.8 Å². The Morgan fingerprint density at radius 1 is 1.44 bits per heavy atom. The van der Waals surface area contributed by atoms with E-state index in [2.05, 4.69) is 10.1 Å². The maximum Gasteiger partial charge on any atom is 0.340 e. The van der Waals surface area contributed by atoms with E-state index in [0.29, 0.717) is 16.9 Å². The second kappa shape index (κ2) is 3.84. The second-order valence-electron chi connectivity index (χ2n) is 3.49. The zero-order valence-electron chi connectivity index (χ0n) is 9.33. The normalized spacial score (nSPS) is 10.4. The molecule has 0 aliphatic carbocycles. The van der Waals surface area contributed by atoms with Crippen LogP contribution in [0.5, 0.6) is 0 Å². The molecule has 0 fully saturated rings. The molecule has 0 unspecified atom stereocenters. The molecule has 0 saturated heterocycles. The molecule has 2 aromatic heterocycles. The quantitative estimate of drug-likeness (QED) is 0.786. The van der Waals surface area contributed by atoms with Gasteiger partial charge in [0.15, 0.2) is 5.76 Å². The largest absolute Gasteiger partial charge is 0.465 e. The molecule has 84 valence electrons. The lowest BCUT2D eigenvalue weighted by atomic mass is 10.1. The van der Waals surface area contributed by atoms with E-state index in [1.807, 2.05) is 13.8 Å². The summed E-state index contributed by atoms with van der Waals surface area (Å²) >= 11 is 0. The summed E-state index contributed by atoms with van der Waals surface area (Å²) in [4.78, 5) is 14.8. The number of ether oxygens (including phenoxy) is 1. The molecule has 0 atom stereocenters. The minimum absolute atomic E-state index is 0.381. The lowest BCUT2D eigenvalue weighted by molar-refractivity contribution is 0.0600. The highest BCUT2D eigenvalue weighted by atomic mass is 16.5. The van der Waals surface area contributed by atoms with Gasteiger partial charge in [-0.05, 0) is 13.8 Å². The van der Waals surface area contributed by atoms with Crippen LogP contribution in [0.3, 0.4) is 0 Å². The lowest BCUT2D eigenvalue weighted by Gasteiger charge is -2.00. The van der Waals surface area contributed by atoms with Crippen LogP contribution in [0.2, 0.25) is 0 Å². The number of methoxy groups -OCH3 is 1. The van der Waals surface area contributed by atoms with Crippen LogP contribution in [-0.2, 0) is 4.74 Å². The Labute approximate surface area is 92.4 Å². The smallest absolute Gasteiger partial charge is 0.340 e. The van der Waals surface area contributed by atoms with Gasteiger partial charge >= 0.3 is 5.97 Å². The highest BCUT2D eigenvalue weighted by Gasteiger charge is 2.22. The van der Waals surface area contributed by atoms with E-state index in [1.165, 1.54) is 13.3 Å². The number of esters is 1. The molecular weight excluding hydrogens is 208 g/mol. The van der Waals surface area contributed by atoms with Crippen LogP contribution >= 0.6 is 0 Å². The van der Waals surface area contributed by atoms with Gasteiger partial charge in [0.1, 0.15) is 0 Å². The number of nitrogens with zero attached hydrogens (tertiary/aromatic N) is 1. The summed E-state index contributed by atoms with van der Waals surface area (Å²) in [6.45, 7) is 3.69. The molecule has 2 aromatic rings. The first-order valence-electron chi connectivity index (χ1n) is 4.83. The summed E-state index contributed by atoms with van der Waals surface area (Å²) in [5.74, 6) is 0.176. The third-order valence-electron chi connectivity index (χ3n) is 2.45. The first-order valence-corrected chi connectivity index (χ1v) is 4.83. The zero-order chi connectivity index (χ0) is 11.7. The van der Waals surface area contributed by atoms with Gasteiger partial charge in [0.05, 0.1) is 24.4 Å². The van der Waals surface area contributed by atoms with Crippen molar-refractivity contribution in [3.8, 4) is 11.3 Å². The van der Waals surface area contributed by atoms with E-state index in [9.17, 15) is 4.79 Å². The monoisotopic (exact) mass is 220 g/mol. The number of aromatic amines is 1. The minimum Gasteiger partial charge on any atom is -0.465 e. The van der Waals surface area contributed by atoms with Crippen molar-refractivity contribution >= 4 is 5.97 Å². The molecule has 5 nitrogen and oxygen atoms in total. The average Bonchev–Trinajstić information content (AvgIpc) is 2.84. The summed E-state index contributed by atoms with van der Waals surface area (Å²) in [6, 6.07) is 1.71. The Bertz CT molecular complexity index is 512. The Balaban J connectivity index is 2.64. The van der Waals surface area contributed by atoms with E-state index >= 15 is 0 Å². The predicted octanol–water partition coefficient (Wildman–Crippen LogP) is 2.07. The van der Waals surface area contributed by atoms with Crippen molar-refractivity contribution in [1.29, 1.82) is 0 Å². The van der Waals surface area contributed by atoms with Gasteiger partial charge in [0.2, 0.25) is 0 Å². The standard InChI is InChI=1S/C11H12N2O3/c1-6-9(8-4-5-12-16-8)10(7(2)13-6)11(14)15-3/h4-5,13H,1-3H3. The maximum absolute atomic E-state index is 11.7. The topological polar surface area (TPSA) is 68.1 Å². The Morgan fingerprint density at radius 3 is 2.75 bits per heavy atom. The lowest BCUT2D eigenvalue weighted by Crippen LogP contribution is -2.03. The molecule has 0 radical (unpaired) electrons. The molecule has 2 rings (SSSR count). The number of hydrogen-bond donors (Lipinski definition) is 1. The summed E-state index contributed by atoms with van der Waals surface area (Å²) in [7, 11) is 1.36. The third kappa shape index (κ3) is 1.50. The van der Waals surface area contributed by atoms with Gasteiger partial charge in [-0.3, -0.25) is 0 Å². The van der Waals surface area contributed by atoms with Crippen molar-refractivity contribution in [3.05, 3.63) is 29.2 Å². The van der Waals surface area contributed by atoms with E-state index in [4.69, 9.17) is 9.26 Å². The number of hydrogen-bond acceptors (Lipinski definition) is 4. The van der Waals surface area contributed by atoms with Crippen LogP contribution < -0.4 is 0 Å². The number of aryl methyl sites for hydroxylation is 2. The minimum atomic E-state index is -0.381.